The summed E-state index contributed by atoms with van der Waals surface area (Å²) in [6.45, 7) is 2.33. The third kappa shape index (κ3) is 2.64. The zero-order chi connectivity index (χ0) is 14.8. The molecule has 0 bridgehead atoms. The van der Waals surface area contributed by atoms with Crippen LogP contribution in [0.15, 0.2) is 18.2 Å². The van der Waals surface area contributed by atoms with Gasteiger partial charge in [0, 0.05) is 13.1 Å². The molecule has 4 nitrogen and oxygen atoms in total. The maximum absolute atomic E-state index is 11.4. The number of amides is 1. The minimum absolute atomic E-state index is 0.162. The summed E-state index contributed by atoms with van der Waals surface area (Å²) in [7, 11) is 3.60. The fourth-order valence-electron chi connectivity index (χ4n) is 3.89. The molecular formula is C17H24N2O2. The number of likely N-dealkylation sites (N-methyl/N-ethyl adjacent to an activating group) is 1. The molecule has 0 N–H and O–H groups in total. The van der Waals surface area contributed by atoms with Gasteiger partial charge in [-0.1, -0.05) is 6.07 Å². The van der Waals surface area contributed by atoms with Gasteiger partial charge in [-0.3, -0.25) is 9.69 Å². The van der Waals surface area contributed by atoms with Crippen molar-refractivity contribution in [3.05, 3.63) is 29.3 Å². The number of carbonyl (C=O) groups excluding carboxylic acids is 1. The number of aryl methyl sites for hydroxylation is 1. The van der Waals surface area contributed by atoms with E-state index in [-0.39, 0.29) is 6.04 Å². The number of benzene rings is 1. The van der Waals surface area contributed by atoms with E-state index in [4.69, 9.17) is 4.74 Å². The van der Waals surface area contributed by atoms with Gasteiger partial charge in [0.2, 0.25) is 6.41 Å². The average Bonchev–Trinajstić information content (AvgIpc) is 3.06. The minimum Gasteiger partial charge on any atom is -0.497 e. The molecule has 2 aliphatic rings. The van der Waals surface area contributed by atoms with Gasteiger partial charge in [-0.15, -0.1) is 0 Å². The number of rotatable bonds is 4. The summed E-state index contributed by atoms with van der Waals surface area (Å²) in [4.78, 5) is 15.8. The van der Waals surface area contributed by atoms with Gasteiger partial charge < -0.3 is 9.64 Å². The maximum atomic E-state index is 11.4. The molecule has 3 rings (SSSR count). The standard InChI is InChI=1S/C17H24N2O2/c1-18(12-20)17-15-7-6-14(21-2)11-13(15)5-8-16(17)19-9-3-4-10-19/h6-7,11-12,16-17H,3-5,8-10H2,1-2H3/t16-,17-/m0/s1. The van der Waals surface area contributed by atoms with Crippen LogP contribution >= 0.6 is 0 Å². The number of carbonyl (C=O) groups is 1. The molecule has 1 aliphatic carbocycles. The lowest BCUT2D eigenvalue weighted by atomic mass is 9.82. The predicted molar refractivity (Wildman–Crippen MR) is 82.5 cm³/mol. The van der Waals surface area contributed by atoms with Crippen molar-refractivity contribution in [3.63, 3.8) is 0 Å². The Balaban J connectivity index is 1.96. The molecule has 1 aliphatic heterocycles. The topological polar surface area (TPSA) is 32.8 Å². The first-order valence-electron chi connectivity index (χ1n) is 7.82. The van der Waals surface area contributed by atoms with Crippen molar-refractivity contribution < 1.29 is 9.53 Å². The SMILES string of the molecule is COc1ccc2c(c1)CC[C@H](N1CCCC1)[C@H]2N(C)C=O. The van der Waals surface area contributed by atoms with E-state index in [9.17, 15) is 4.79 Å². The Kier molecular flexibility index (Phi) is 4.15. The smallest absolute Gasteiger partial charge is 0.210 e. The van der Waals surface area contributed by atoms with E-state index in [1.54, 1.807) is 7.11 Å². The Morgan fingerprint density at radius 2 is 2.10 bits per heavy atom. The Labute approximate surface area is 126 Å². The maximum Gasteiger partial charge on any atom is 0.210 e. The molecule has 1 heterocycles. The molecule has 21 heavy (non-hydrogen) atoms. The molecule has 0 unspecified atom stereocenters. The van der Waals surface area contributed by atoms with Gasteiger partial charge in [-0.25, -0.2) is 0 Å². The fraction of sp³-hybridized carbons (Fsp3) is 0.588. The minimum atomic E-state index is 0.162. The first-order valence-corrected chi connectivity index (χ1v) is 7.82. The van der Waals surface area contributed by atoms with E-state index < -0.39 is 0 Å². The van der Waals surface area contributed by atoms with Gasteiger partial charge >= 0.3 is 0 Å². The van der Waals surface area contributed by atoms with E-state index in [1.807, 2.05) is 18.0 Å². The Bertz CT molecular complexity index is 512. The van der Waals surface area contributed by atoms with Crippen molar-refractivity contribution in [2.45, 2.75) is 37.8 Å². The summed E-state index contributed by atoms with van der Waals surface area (Å²) in [5.74, 6) is 0.904. The molecule has 1 fully saturated rings. The van der Waals surface area contributed by atoms with E-state index in [0.717, 1.165) is 25.0 Å². The first-order chi connectivity index (χ1) is 10.2. The second-order valence-corrected chi connectivity index (χ2v) is 6.13. The quantitative estimate of drug-likeness (QED) is 0.797. The summed E-state index contributed by atoms with van der Waals surface area (Å²) in [6.07, 6.45) is 5.71. The molecule has 0 saturated carbocycles. The van der Waals surface area contributed by atoms with Gasteiger partial charge in [0.05, 0.1) is 13.2 Å². The van der Waals surface area contributed by atoms with E-state index in [1.165, 1.54) is 37.1 Å². The van der Waals surface area contributed by atoms with E-state index in [2.05, 4.69) is 17.0 Å². The monoisotopic (exact) mass is 288 g/mol. The van der Waals surface area contributed by atoms with Crippen molar-refractivity contribution >= 4 is 6.41 Å². The van der Waals surface area contributed by atoms with Crippen molar-refractivity contribution in [2.75, 3.05) is 27.2 Å². The zero-order valence-corrected chi connectivity index (χ0v) is 12.9. The molecule has 4 heteroatoms. The molecule has 2 atom stereocenters. The summed E-state index contributed by atoms with van der Waals surface area (Å²) in [5.41, 5.74) is 2.61. The van der Waals surface area contributed by atoms with Crippen molar-refractivity contribution in [3.8, 4) is 5.75 Å². The Morgan fingerprint density at radius 1 is 1.33 bits per heavy atom. The largest absolute Gasteiger partial charge is 0.497 e. The number of methoxy groups -OCH3 is 1. The van der Waals surface area contributed by atoms with Gasteiger partial charge in [0.1, 0.15) is 5.75 Å². The third-order valence-electron chi connectivity index (χ3n) is 4.96. The van der Waals surface area contributed by atoms with E-state index >= 15 is 0 Å². The summed E-state index contributed by atoms with van der Waals surface area (Å²) >= 11 is 0. The van der Waals surface area contributed by atoms with Crippen LogP contribution in [0.2, 0.25) is 0 Å². The summed E-state index contributed by atoms with van der Waals surface area (Å²) in [6, 6.07) is 6.89. The van der Waals surface area contributed by atoms with Gasteiger partial charge in [-0.2, -0.15) is 0 Å². The highest BCUT2D eigenvalue weighted by atomic mass is 16.5. The van der Waals surface area contributed by atoms with Crippen LogP contribution in [0.1, 0.15) is 36.4 Å². The number of hydrogen-bond donors (Lipinski definition) is 0. The Hall–Kier alpha value is -1.55. The lowest BCUT2D eigenvalue weighted by Gasteiger charge is -2.42. The number of fused-ring (bicyclic) bond motifs is 1. The molecule has 1 saturated heterocycles. The van der Waals surface area contributed by atoms with Crippen molar-refractivity contribution in [2.24, 2.45) is 0 Å². The van der Waals surface area contributed by atoms with Gasteiger partial charge in [0.25, 0.3) is 0 Å². The molecule has 114 valence electrons. The lowest BCUT2D eigenvalue weighted by Crippen LogP contribution is -2.46. The van der Waals surface area contributed by atoms with Gasteiger partial charge in [0.15, 0.2) is 0 Å². The molecule has 0 spiro atoms. The lowest BCUT2D eigenvalue weighted by molar-refractivity contribution is -0.120. The summed E-state index contributed by atoms with van der Waals surface area (Å²) in [5, 5.41) is 0. The fourth-order valence-corrected chi connectivity index (χ4v) is 3.89. The van der Waals surface area contributed by atoms with Crippen molar-refractivity contribution in [1.82, 2.24) is 9.80 Å². The van der Waals surface area contributed by atoms with Crippen LogP contribution < -0.4 is 4.74 Å². The van der Waals surface area contributed by atoms with Crippen LogP contribution in [0.25, 0.3) is 0 Å². The molecule has 1 aromatic carbocycles. The Morgan fingerprint density at radius 3 is 2.76 bits per heavy atom. The second-order valence-electron chi connectivity index (χ2n) is 6.13. The zero-order valence-electron chi connectivity index (χ0n) is 12.9. The highest BCUT2D eigenvalue weighted by Crippen LogP contribution is 2.38. The molecule has 0 aromatic heterocycles. The van der Waals surface area contributed by atoms with Crippen LogP contribution in [0, 0.1) is 0 Å². The molecular weight excluding hydrogens is 264 g/mol. The first kappa shape index (κ1) is 14.4. The predicted octanol–water partition coefficient (Wildman–Crippen LogP) is 2.24. The highest BCUT2D eigenvalue weighted by Gasteiger charge is 2.36. The van der Waals surface area contributed by atoms with Crippen molar-refractivity contribution in [1.29, 1.82) is 0 Å². The number of ether oxygens (including phenoxy) is 1. The third-order valence-corrected chi connectivity index (χ3v) is 4.96. The second kappa shape index (κ2) is 6.06. The van der Waals surface area contributed by atoms with Crippen LogP contribution in [-0.2, 0) is 11.2 Å². The number of nitrogens with zero attached hydrogens (tertiary/aromatic N) is 2. The molecule has 0 radical (unpaired) electrons. The number of likely N-dealkylation sites (tertiary alicyclic amines) is 1. The number of hydrogen-bond acceptors (Lipinski definition) is 3. The van der Waals surface area contributed by atoms with Crippen LogP contribution in [0.4, 0.5) is 0 Å². The van der Waals surface area contributed by atoms with Crippen LogP contribution in [0.5, 0.6) is 5.75 Å². The van der Waals surface area contributed by atoms with E-state index in [0.29, 0.717) is 6.04 Å². The summed E-state index contributed by atoms with van der Waals surface area (Å²) < 4.78 is 5.34. The highest BCUT2D eigenvalue weighted by molar-refractivity contribution is 5.51. The van der Waals surface area contributed by atoms with Crippen LogP contribution in [-0.4, -0.2) is 49.5 Å². The average molecular weight is 288 g/mol. The molecule has 1 aromatic rings. The normalized spacial score (nSPS) is 25.4. The van der Waals surface area contributed by atoms with Crippen LogP contribution in [0.3, 0.4) is 0 Å². The van der Waals surface area contributed by atoms with Gasteiger partial charge in [-0.05, 0) is 62.0 Å². The molecule has 1 amide bonds.